The van der Waals surface area contributed by atoms with Crippen LogP contribution in [-0.4, -0.2) is 49.9 Å². The number of aromatic amines is 1. The van der Waals surface area contributed by atoms with E-state index in [1.807, 2.05) is 24.4 Å². The number of fused-ring (bicyclic) bond motifs is 1. The van der Waals surface area contributed by atoms with Crippen molar-refractivity contribution in [3.05, 3.63) is 36.3 Å². The number of anilines is 1. The topological polar surface area (TPSA) is 134 Å². The van der Waals surface area contributed by atoms with E-state index in [2.05, 4.69) is 21.8 Å². The third-order valence-corrected chi connectivity index (χ3v) is 7.61. The van der Waals surface area contributed by atoms with Crippen LogP contribution in [0.1, 0.15) is 25.5 Å². The molecule has 1 saturated carbocycles. The van der Waals surface area contributed by atoms with Gasteiger partial charge < -0.3 is 14.6 Å². The Kier molecular flexibility index (Phi) is 4.12. The Morgan fingerprint density at radius 3 is 2.93 bits per heavy atom. The van der Waals surface area contributed by atoms with E-state index in [0.29, 0.717) is 44.1 Å². The molecule has 0 bridgehead atoms. The lowest BCUT2D eigenvalue weighted by Crippen LogP contribution is -2.44. The molecule has 152 valence electrons. The fraction of sp³-hybridized carbons (Fsp3) is 0.421. The van der Waals surface area contributed by atoms with Gasteiger partial charge >= 0.3 is 0 Å². The van der Waals surface area contributed by atoms with Crippen molar-refractivity contribution in [1.82, 2.24) is 19.9 Å². The van der Waals surface area contributed by atoms with E-state index in [4.69, 9.17) is 24.6 Å². The van der Waals surface area contributed by atoms with Crippen LogP contribution in [0.2, 0.25) is 0 Å². The molecule has 9 nitrogen and oxygen atoms in total. The van der Waals surface area contributed by atoms with Crippen LogP contribution < -0.4 is 10.0 Å². The molecule has 1 unspecified atom stereocenters. The van der Waals surface area contributed by atoms with Crippen LogP contribution in [-0.2, 0) is 19.4 Å². The van der Waals surface area contributed by atoms with Crippen molar-refractivity contribution in [1.29, 1.82) is 4.78 Å². The van der Waals surface area contributed by atoms with Gasteiger partial charge in [0.2, 0.25) is 0 Å². The number of aromatic nitrogens is 4. The number of hydrogen-bond acceptors (Lipinski definition) is 7. The summed E-state index contributed by atoms with van der Waals surface area (Å²) in [6, 6.07) is 5.82. The first-order chi connectivity index (χ1) is 13.9. The number of hydrogen-bond donors (Lipinski definition) is 3. The summed E-state index contributed by atoms with van der Waals surface area (Å²) < 4.78 is 25.3. The maximum absolute atomic E-state index is 12.6. The molecule has 1 aliphatic carbocycles. The molecule has 2 fully saturated rings. The second-order valence-corrected chi connectivity index (χ2v) is 9.73. The van der Waals surface area contributed by atoms with Crippen molar-refractivity contribution in [3.63, 3.8) is 0 Å². The highest BCUT2D eigenvalue weighted by Crippen LogP contribution is 2.52. The maximum atomic E-state index is 12.6. The fourth-order valence-corrected chi connectivity index (χ4v) is 5.11. The third-order valence-electron chi connectivity index (χ3n) is 5.83. The van der Waals surface area contributed by atoms with Crippen molar-refractivity contribution in [3.8, 4) is 11.4 Å². The quantitative estimate of drug-likeness (QED) is 0.600. The number of H-pyrrole nitrogens is 1. The molecule has 4 N–H and O–H groups in total. The molecular formula is C19H23N7O2S. The number of nitrogens with two attached hydrogens (primary N) is 1. The Morgan fingerprint density at radius 2 is 2.21 bits per heavy atom. The third kappa shape index (κ3) is 2.98. The molecular weight excluding hydrogens is 390 g/mol. The predicted octanol–water partition coefficient (Wildman–Crippen LogP) is 2.15. The normalized spacial score (nSPS) is 23.1. The van der Waals surface area contributed by atoms with Gasteiger partial charge in [-0.1, -0.05) is 0 Å². The van der Waals surface area contributed by atoms with Crippen molar-refractivity contribution in [2.75, 3.05) is 24.7 Å². The molecule has 4 heterocycles. The van der Waals surface area contributed by atoms with Crippen LogP contribution >= 0.6 is 0 Å². The van der Waals surface area contributed by atoms with E-state index in [-0.39, 0.29) is 6.04 Å². The zero-order valence-electron chi connectivity index (χ0n) is 16.1. The molecule has 2 aliphatic rings. The summed E-state index contributed by atoms with van der Waals surface area (Å²) in [5.41, 5.74) is 2.17. The Balaban J connectivity index is 1.72. The van der Waals surface area contributed by atoms with E-state index in [0.717, 1.165) is 22.4 Å². The van der Waals surface area contributed by atoms with Crippen LogP contribution in [0, 0.1) is 4.78 Å². The van der Waals surface area contributed by atoms with Gasteiger partial charge in [-0.2, -0.15) is 0 Å². The Morgan fingerprint density at radius 1 is 1.38 bits per heavy atom. The SMILES string of the molecule is C[C@@H]1COCCN1c1cc(C2(S(=N)(N)=O)CC2)nc(-c2ccnc3[nH]ccc23)n1. The van der Waals surface area contributed by atoms with E-state index in [9.17, 15) is 4.21 Å². The summed E-state index contributed by atoms with van der Waals surface area (Å²) >= 11 is 0. The van der Waals surface area contributed by atoms with Gasteiger partial charge in [-0.25, -0.2) is 29.1 Å². The average Bonchev–Trinajstić information content (AvgIpc) is 3.39. The molecule has 0 spiro atoms. The highest BCUT2D eigenvalue weighted by Gasteiger charge is 2.54. The molecule has 5 rings (SSSR count). The summed E-state index contributed by atoms with van der Waals surface area (Å²) in [5, 5.41) is 6.72. The predicted molar refractivity (Wildman–Crippen MR) is 111 cm³/mol. The van der Waals surface area contributed by atoms with Gasteiger partial charge in [0.1, 0.15) is 26.1 Å². The largest absolute Gasteiger partial charge is 0.377 e. The summed E-state index contributed by atoms with van der Waals surface area (Å²) in [6.07, 6.45) is 4.73. The minimum absolute atomic E-state index is 0.150. The zero-order chi connectivity index (χ0) is 20.2. The lowest BCUT2D eigenvalue weighted by molar-refractivity contribution is 0.0985. The number of nitrogens with zero attached hydrogens (tertiary/aromatic N) is 4. The second-order valence-electron chi connectivity index (χ2n) is 7.75. The lowest BCUT2D eigenvalue weighted by Gasteiger charge is -2.34. The van der Waals surface area contributed by atoms with E-state index in [1.54, 1.807) is 6.20 Å². The molecule has 3 aromatic rings. The molecule has 3 aromatic heterocycles. The highest BCUT2D eigenvalue weighted by atomic mass is 32.2. The number of rotatable bonds is 4. The minimum atomic E-state index is -3.29. The van der Waals surface area contributed by atoms with Crippen LogP contribution in [0.25, 0.3) is 22.4 Å². The molecule has 1 aliphatic heterocycles. The van der Waals surface area contributed by atoms with Crippen LogP contribution in [0.5, 0.6) is 0 Å². The van der Waals surface area contributed by atoms with E-state index >= 15 is 0 Å². The number of pyridine rings is 1. The Bertz CT molecular complexity index is 1190. The van der Waals surface area contributed by atoms with Crippen molar-refractivity contribution >= 4 is 26.8 Å². The number of nitrogens with one attached hydrogen (secondary N) is 2. The van der Waals surface area contributed by atoms with E-state index < -0.39 is 14.7 Å². The summed E-state index contributed by atoms with van der Waals surface area (Å²) in [5.74, 6) is 1.27. The van der Waals surface area contributed by atoms with Crippen LogP contribution in [0.4, 0.5) is 5.82 Å². The summed E-state index contributed by atoms with van der Waals surface area (Å²) in [4.78, 5) is 19.2. The van der Waals surface area contributed by atoms with Gasteiger partial charge in [-0.15, -0.1) is 0 Å². The van der Waals surface area contributed by atoms with Crippen LogP contribution in [0.3, 0.4) is 0 Å². The first-order valence-corrected chi connectivity index (χ1v) is 11.2. The highest BCUT2D eigenvalue weighted by molar-refractivity contribution is 7.91. The maximum Gasteiger partial charge on any atom is 0.162 e. The van der Waals surface area contributed by atoms with Crippen LogP contribution in [0.15, 0.2) is 30.6 Å². The first-order valence-electron chi connectivity index (χ1n) is 9.61. The minimum Gasteiger partial charge on any atom is -0.377 e. The first kappa shape index (κ1) is 18.5. The van der Waals surface area contributed by atoms with Gasteiger partial charge in [-0.3, -0.25) is 0 Å². The molecule has 29 heavy (non-hydrogen) atoms. The van der Waals surface area contributed by atoms with Crippen molar-refractivity contribution < 1.29 is 8.95 Å². The molecule has 2 atom stereocenters. The summed E-state index contributed by atoms with van der Waals surface area (Å²) in [7, 11) is -3.29. The van der Waals surface area contributed by atoms with Gasteiger partial charge in [0.25, 0.3) is 0 Å². The average molecular weight is 414 g/mol. The molecule has 10 heteroatoms. The van der Waals surface area contributed by atoms with Crippen molar-refractivity contribution in [2.45, 2.75) is 30.6 Å². The van der Waals surface area contributed by atoms with Gasteiger partial charge in [0, 0.05) is 36.0 Å². The van der Waals surface area contributed by atoms with E-state index in [1.165, 1.54) is 0 Å². The number of ether oxygens (including phenoxy) is 1. The molecule has 1 saturated heterocycles. The molecule has 0 radical (unpaired) electrons. The standard InChI is InChI=1S/C19H23N7O2S/c1-12-11-28-9-8-26(12)16-10-15(19(4-5-19)29(20,21)27)24-18(25-16)14-3-7-23-17-13(14)2-6-22-17/h2-3,6-7,10,12H,4-5,8-9,11H2,1H3,(H,22,23)(H3,20,21,27)/t12-/m1/s1. The lowest BCUT2D eigenvalue weighted by atomic mass is 10.1. The monoisotopic (exact) mass is 413 g/mol. The molecule has 0 aromatic carbocycles. The zero-order valence-corrected chi connectivity index (χ0v) is 16.9. The van der Waals surface area contributed by atoms with Crippen molar-refractivity contribution in [2.24, 2.45) is 5.14 Å². The summed E-state index contributed by atoms with van der Waals surface area (Å²) in [6.45, 7) is 4.02. The fourth-order valence-electron chi connectivity index (χ4n) is 3.99. The van der Waals surface area contributed by atoms with Gasteiger partial charge in [0.05, 0.1) is 24.9 Å². The number of morpholine rings is 1. The Labute approximate surface area is 168 Å². The van der Waals surface area contributed by atoms with Gasteiger partial charge in [0.15, 0.2) is 5.82 Å². The smallest absolute Gasteiger partial charge is 0.162 e. The van der Waals surface area contributed by atoms with Gasteiger partial charge in [-0.05, 0) is 31.9 Å². The molecule has 0 amide bonds. The second kappa shape index (κ2) is 6.48. The Hall–Kier alpha value is -2.56.